The zero-order valence-electron chi connectivity index (χ0n) is 10.7. The van der Waals surface area contributed by atoms with Crippen LogP contribution in [0.1, 0.15) is 46.4 Å². The number of rotatable bonds is 3. The Bertz CT molecular complexity index is 401. The topological polar surface area (TPSA) is 57.8 Å². The van der Waals surface area contributed by atoms with E-state index in [0.29, 0.717) is 5.82 Å². The zero-order chi connectivity index (χ0) is 12.3. The first-order chi connectivity index (χ1) is 7.28. The van der Waals surface area contributed by atoms with Crippen molar-refractivity contribution in [1.29, 1.82) is 0 Å². The molecule has 90 valence electrons. The van der Waals surface area contributed by atoms with Crippen LogP contribution < -0.4 is 10.9 Å². The summed E-state index contributed by atoms with van der Waals surface area (Å²) in [6.07, 6.45) is 0. The molecular weight excluding hydrogens is 202 g/mol. The van der Waals surface area contributed by atoms with Crippen molar-refractivity contribution in [3.8, 4) is 0 Å². The standard InChI is InChI=1S/C12H21N3O/c1-8(2)11-14-9(6-10(16)15-11)13-7-12(3,4)5/h6,8H,7H2,1-5H3,(H2,13,14,15,16). The minimum absolute atomic E-state index is 0.102. The Morgan fingerprint density at radius 2 is 2.06 bits per heavy atom. The number of aromatic amines is 1. The maximum absolute atomic E-state index is 11.4. The van der Waals surface area contributed by atoms with E-state index in [1.165, 1.54) is 6.07 Å². The summed E-state index contributed by atoms with van der Waals surface area (Å²) in [4.78, 5) is 18.5. The Labute approximate surface area is 96.5 Å². The van der Waals surface area contributed by atoms with Gasteiger partial charge in [0.25, 0.3) is 5.56 Å². The molecule has 2 N–H and O–H groups in total. The Morgan fingerprint density at radius 1 is 1.44 bits per heavy atom. The summed E-state index contributed by atoms with van der Waals surface area (Å²) in [5.41, 5.74) is 0.0672. The molecule has 0 spiro atoms. The van der Waals surface area contributed by atoms with Crippen LogP contribution >= 0.6 is 0 Å². The third-order valence-electron chi connectivity index (χ3n) is 2.11. The molecule has 0 aromatic carbocycles. The number of hydrogen-bond acceptors (Lipinski definition) is 3. The average molecular weight is 223 g/mol. The molecule has 0 bridgehead atoms. The van der Waals surface area contributed by atoms with Crippen molar-refractivity contribution in [3.05, 3.63) is 22.2 Å². The fraction of sp³-hybridized carbons (Fsp3) is 0.667. The summed E-state index contributed by atoms with van der Waals surface area (Å²) in [7, 11) is 0. The van der Waals surface area contributed by atoms with E-state index in [1.807, 2.05) is 13.8 Å². The molecule has 0 atom stereocenters. The molecule has 0 aliphatic heterocycles. The molecule has 0 saturated carbocycles. The van der Waals surface area contributed by atoms with Gasteiger partial charge in [-0.3, -0.25) is 4.79 Å². The number of aromatic nitrogens is 2. The van der Waals surface area contributed by atoms with Crippen molar-refractivity contribution in [2.45, 2.75) is 40.5 Å². The minimum atomic E-state index is -0.102. The SMILES string of the molecule is CC(C)c1nc(NCC(C)(C)C)cc(=O)[nH]1. The Hall–Kier alpha value is -1.32. The van der Waals surface area contributed by atoms with Crippen molar-refractivity contribution in [3.63, 3.8) is 0 Å². The van der Waals surface area contributed by atoms with Crippen LogP contribution in [0.25, 0.3) is 0 Å². The first-order valence-corrected chi connectivity index (χ1v) is 5.63. The molecule has 0 unspecified atom stereocenters. The average Bonchev–Trinajstić information content (AvgIpc) is 2.13. The first-order valence-electron chi connectivity index (χ1n) is 5.63. The monoisotopic (exact) mass is 223 g/mol. The highest BCUT2D eigenvalue weighted by Gasteiger charge is 2.11. The molecule has 16 heavy (non-hydrogen) atoms. The number of nitrogens with zero attached hydrogens (tertiary/aromatic N) is 1. The van der Waals surface area contributed by atoms with Crippen molar-refractivity contribution < 1.29 is 0 Å². The molecule has 1 heterocycles. The van der Waals surface area contributed by atoms with Gasteiger partial charge in [-0.05, 0) is 5.41 Å². The molecule has 0 aliphatic carbocycles. The molecule has 0 saturated heterocycles. The fourth-order valence-corrected chi connectivity index (χ4v) is 1.20. The van der Waals surface area contributed by atoms with Gasteiger partial charge >= 0.3 is 0 Å². The maximum Gasteiger partial charge on any atom is 0.252 e. The van der Waals surface area contributed by atoms with Crippen molar-refractivity contribution >= 4 is 5.82 Å². The molecule has 1 rings (SSSR count). The van der Waals surface area contributed by atoms with E-state index in [1.54, 1.807) is 0 Å². The lowest BCUT2D eigenvalue weighted by Crippen LogP contribution is -2.22. The normalized spacial score (nSPS) is 11.9. The summed E-state index contributed by atoms with van der Waals surface area (Å²) >= 11 is 0. The van der Waals surface area contributed by atoms with E-state index >= 15 is 0 Å². The van der Waals surface area contributed by atoms with Gasteiger partial charge in [-0.25, -0.2) is 4.98 Å². The lowest BCUT2D eigenvalue weighted by molar-refractivity contribution is 0.442. The molecule has 4 heteroatoms. The summed E-state index contributed by atoms with van der Waals surface area (Å²) in [6, 6.07) is 1.50. The summed E-state index contributed by atoms with van der Waals surface area (Å²) in [6.45, 7) is 11.2. The second kappa shape index (κ2) is 4.68. The number of nitrogens with one attached hydrogen (secondary N) is 2. The second-order valence-electron chi connectivity index (χ2n) is 5.58. The van der Waals surface area contributed by atoms with Gasteiger partial charge in [0.2, 0.25) is 0 Å². The van der Waals surface area contributed by atoms with Gasteiger partial charge < -0.3 is 10.3 Å². The smallest absolute Gasteiger partial charge is 0.252 e. The number of H-pyrrole nitrogens is 1. The zero-order valence-corrected chi connectivity index (χ0v) is 10.7. The highest BCUT2D eigenvalue weighted by molar-refractivity contribution is 5.33. The molecule has 4 nitrogen and oxygen atoms in total. The second-order valence-corrected chi connectivity index (χ2v) is 5.58. The van der Waals surface area contributed by atoms with Gasteiger partial charge in [-0.2, -0.15) is 0 Å². The van der Waals surface area contributed by atoms with E-state index in [9.17, 15) is 4.79 Å². The predicted molar refractivity (Wildman–Crippen MR) is 66.9 cm³/mol. The summed E-state index contributed by atoms with van der Waals surface area (Å²) < 4.78 is 0. The molecule has 1 aromatic rings. The molecule has 1 aromatic heterocycles. The van der Waals surface area contributed by atoms with Crippen LogP contribution in [0, 0.1) is 5.41 Å². The van der Waals surface area contributed by atoms with Crippen molar-refractivity contribution in [2.24, 2.45) is 5.41 Å². The van der Waals surface area contributed by atoms with Crippen molar-refractivity contribution in [1.82, 2.24) is 9.97 Å². The Balaban J connectivity index is 2.85. The Kier molecular flexibility index (Phi) is 3.73. The molecule has 0 amide bonds. The molecule has 0 aliphatic rings. The maximum atomic E-state index is 11.4. The van der Waals surface area contributed by atoms with E-state index < -0.39 is 0 Å². The fourth-order valence-electron chi connectivity index (χ4n) is 1.20. The van der Waals surface area contributed by atoms with E-state index in [4.69, 9.17) is 0 Å². The van der Waals surface area contributed by atoms with Gasteiger partial charge in [0.1, 0.15) is 11.6 Å². The van der Waals surface area contributed by atoms with Gasteiger partial charge in [0.05, 0.1) is 0 Å². The first kappa shape index (κ1) is 12.7. The van der Waals surface area contributed by atoms with Crippen LogP contribution in [-0.2, 0) is 0 Å². The predicted octanol–water partition coefficient (Wildman–Crippen LogP) is 2.35. The largest absolute Gasteiger partial charge is 0.369 e. The van der Waals surface area contributed by atoms with Gasteiger partial charge in [-0.1, -0.05) is 34.6 Å². The van der Waals surface area contributed by atoms with Crippen LogP contribution in [0.2, 0.25) is 0 Å². The van der Waals surface area contributed by atoms with Gasteiger partial charge in [0.15, 0.2) is 0 Å². The van der Waals surface area contributed by atoms with Crippen LogP contribution in [0.4, 0.5) is 5.82 Å². The van der Waals surface area contributed by atoms with Crippen LogP contribution in [0.15, 0.2) is 10.9 Å². The summed E-state index contributed by atoms with van der Waals surface area (Å²) in [5.74, 6) is 1.61. The highest BCUT2D eigenvalue weighted by atomic mass is 16.1. The van der Waals surface area contributed by atoms with Crippen LogP contribution in [0.3, 0.4) is 0 Å². The molecular formula is C12H21N3O. The van der Waals surface area contributed by atoms with Crippen molar-refractivity contribution in [2.75, 3.05) is 11.9 Å². The third-order valence-corrected chi connectivity index (χ3v) is 2.11. The Morgan fingerprint density at radius 3 is 2.56 bits per heavy atom. The van der Waals surface area contributed by atoms with Gasteiger partial charge in [0, 0.05) is 18.5 Å². The van der Waals surface area contributed by atoms with Crippen LogP contribution in [-0.4, -0.2) is 16.5 Å². The van der Waals surface area contributed by atoms with Gasteiger partial charge in [-0.15, -0.1) is 0 Å². The van der Waals surface area contributed by atoms with E-state index in [0.717, 1.165) is 12.4 Å². The lowest BCUT2D eigenvalue weighted by Gasteiger charge is -2.19. The van der Waals surface area contributed by atoms with E-state index in [2.05, 4.69) is 36.1 Å². The quantitative estimate of drug-likeness (QED) is 0.827. The molecule has 0 fully saturated rings. The lowest BCUT2D eigenvalue weighted by atomic mass is 9.97. The number of anilines is 1. The molecule has 0 radical (unpaired) electrons. The van der Waals surface area contributed by atoms with E-state index in [-0.39, 0.29) is 16.9 Å². The third kappa shape index (κ3) is 4.04. The highest BCUT2D eigenvalue weighted by Crippen LogP contribution is 2.14. The summed E-state index contributed by atoms with van der Waals surface area (Å²) in [5, 5.41) is 3.19. The van der Waals surface area contributed by atoms with Crippen LogP contribution in [0.5, 0.6) is 0 Å². The minimum Gasteiger partial charge on any atom is -0.369 e. The number of hydrogen-bond donors (Lipinski definition) is 2.